The maximum Gasteiger partial charge on any atom is 0.308 e. The Kier molecular flexibility index (Phi) is 6.33. The summed E-state index contributed by atoms with van der Waals surface area (Å²) in [5, 5.41) is 0.662. The summed E-state index contributed by atoms with van der Waals surface area (Å²) in [5.41, 5.74) is 0. The number of hydrogen-bond acceptors (Lipinski definition) is 4. The van der Waals surface area contributed by atoms with Gasteiger partial charge in [0, 0.05) is 5.02 Å². The molecule has 2 rings (SSSR count). The van der Waals surface area contributed by atoms with Gasteiger partial charge in [0.25, 0.3) is 0 Å². The molecule has 0 N–H and O–H groups in total. The van der Waals surface area contributed by atoms with E-state index >= 15 is 0 Å². The average molecular weight is 313 g/mol. The van der Waals surface area contributed by atoms with Gasteiger partial charge < -0.3 is 14.2 Å². The number of halogens is 1. The first-order valence-corrected chi connectivity index (χ1v) is 7.64. The molecule has 1 saturated carbocycles. The van der Waals surface area contributed by atoms with Gasteiger partial charge in [-0.2, -0.15) is 0 Å². The molecule has 21 heavy (non-hydrogen) atoms. The molecule has 0 unspecified atom stereocenters. The van der Waals surface area contributed by atoms with Crippen LogP contribution >= 0.6 is 11.6 Å². The van der Waals surface area contributed by atoms with Crippen LogP contribution in [-0.4, -0.2) is 32.4 Å². The summed E-state index contributed by atoms with van der Waals surface area (Å²) in [6.07, 6.45) is 3.70. The van der Waals surface area contributed by atoms with Crippen LogP contribution < -0.4 is 4.74 Å². The molecule has 1 aromatic rings. The van der Waals surface area contributed by atoms with Gasteiger partial charge in [-0.3, -0.25) is 4.79 Å². The van der Waals surface area contributed by atoms with Crippen molar-refractivity contribution in [2.24, 2.45) is 5.92 Å². The molecule has 0 bridgehead atoms. The summed E-state index contributed by atoms with van der Waals surface area (Å²) in [6.45, 7) is 1.04. The van der Waals surface area contributed by atoms with E-state index in [0.717, 1.165) is 31.4 Å². The molecule has 0 aromatic heterocycles. The second kappa shape index (κ2) is 8.25. The van der Waals surface area contributed by atoms with Gasteiger partial charge in [-0.25, -0.2) is 0 Å². The highest BCUT2D eigenvalue weighted by atomic mass is 35.5. The Bertz CT molecular complexity index is 455. The number of methoxy groups -OCH3 is 1. The third-order valence-electron chi connectivity index (χ3n) is 3.71. The van der Waals surface area contributed by atoms with Gasteiger partial charge >= 0.3 is 5.97 Å². The average Bonchev–Trinajstić information content (AvgIpc) is 2.51. The van der Waals surface area contributed by atoms with E-state index in [1.54, 1.807) is 6.07 Å². The van der Waals surface area contributed by atoms with E-state index in [2.05, 4.69) is 0 Å². The second-order valence-corrected chi connectivity index (χ2v) is 5.61. The van der Waals surface area contributed by atoms with Crippen molar-refractivity contribution >= 4 is 17.6 Å². The predicted molar refractivity (Wildman–Crippen MR) is 80.7 cm³/mol. The summed E-state index contributed by atoms with van der Waals surface area (Å²) in [7, 11) is 1.44. The van der Waals surface area contributed by atoms with Crippen LogP contribution in [0.2, 0.25) is 5.02 Å². The highest BCUT2D eigenvalue weighted by molar-refractivity contribution is 6.30. The Morgan fingerprint density at radius 3 is 2.67 bits per heavy atom. The lowest BCUT2D eigenvalue weighted by molar-refractivity contribution is -0.147. The zero-order valence-electron chi connectivity index (χ0n) is 12.2. The van der Waals surface area contributed by atoms with Gasteiger partial charge in [0.05, 0.1) is 25.7 Å². The van der Waals surface area contributed by atoms with Crippen molar-refractivity contribution in [3.8, 4) is 5.75 Å². The fourth-order valence-corrected chi connectivity index (χ4v) is 2.74. The SMILES string of the molecule is COC(=O)C1CCC(OCCOc2cccc(Cl)c2)CC1. The number of benzene rings is 1. The van der Waals surface area contributed by atoms with Gasteiger partial charge in [-0.05, 0) is 43.9 Å². The lowest BCUT2D eigenvalue weighted by atomic mass is 9.87. The van der Waals surface area contributed by atoms with E-state index in [9.17, 15) is 4.79 Å². The minimum Gasteiger partial charge on any atom is -0.491 e. The van der Waals surface area contributed by atoms with E-state index in [1.165, 1.54) is 7.11 Å². The van der Waals surface area contributed by atoms with Gasteiger partial charge in [0.15, 0.2) is 0 Å². The molecule has 5 heteroatoms. The van der Waals surface area contributed by atoms with Crippen LogP contribution in [0.15, 0.2) is 24.3 Å². The molecular weight excluding hydrogens is 292 g/mol. The van der Waals surface area contributed by atoms with Crippen molar-refractivity contribution < 1.29 is 19.0 Å². The number of carbonyl (C=O) groups is 1. The van der Waals surface area contributed by atoms with E-state index in [4.69, 9.17) is 25.8 Å². The predicted octanol–water partition coefficient (Wildman–Crippen LogP) is 3.47. The Morgan fingerprint density at radius 2 is 2.00 bits per heavy atom. The normalized spacial score (nSPS) is 21.8. The molecule has 1 fully saturated rings. The largest absolute Gasteiger partial charge is 0.491 e. The van der Waals surface area contributed by atoms with Crippen LogP contribution in [0, 0.1) is 5.92 Å². The minimum absolute atomic E-state index is 0.0394. The molecule has 1 aliphatic carbocycles. The molecule has 0 radical (unpaired) electrons. The fourth-order valence-electron chi connectivity index (χ4n) is 2.56. The minimum atomic E-state index is -0.0993. The van der Waals surface area contributed by atoms with Gasteiger partial charge in [-0.1, -0.05) is 17.7 Å². The zero-order chi connectivity index (χ0) is 15.1. The first-order valence-electron chi connectivity index (χ1n) is 7.27. The van der Waals surface area contributed by atoms with E-state index < -0.39 is 0 Å². The van der Waals surface area contributed by atoms with Crippen LogP contribution in [-0.2, 0) is 14.3 Å². The Hall–Kier alpha value is -1.26. The summed E-state index contributed by atoms with van der Waals surface area (Å²) < 4.78 is 16.1. The number of rotatable bonds is 6. The molecule has 1 aliphatic rings. The Morgan fingerprint density at radius 1 is 1.24 bits per heavy atom. The quantitative estimate of drug-likeness (QED) is 0.596. The highest BCUT2D eigenvalue weighted by Crippen LogP contribution is 2.27. The third kappa shape index (κ3) is 5.21. The molecule has 4 nitrogen and oxygen atoms in total. The van der Waals surface area contributed by atoms with Crippen molar-refractivity contribution in [3.05, 3.63) is 29.3 Å². The molecule has 116 valence electrons. The van der Waals surface area contributed by atoms with Crippen molar-refractivity contribution in [1.82, 2.24) is 0 Å². The van der Waals surface area contributed by atoms with Crippen LogP contribution in [0.4, 0.5) is 0 Å². The molecular formula is C16H21ClO4. The van der Waals surface area contributed by atoms with Crippen LogP contribution in [0.5, 0.6) is 5.75 Å². The van der Waals surface area contributed by atoms with Crippen molar-refractivity contribution in [2.45, 2.75) is 31.8 Å². The van der Waals surface area contributed by atoms with Crippen molar-refractivity contribution in [1.29, 1.82) is 0 Å². The number of ether oxygens (including phenoxy) is 3. The van der Waals surface area contributed by atoms with Crippen LogP contribution in [0.25, 0.3) is 0 Å². The Balaban J connectivity index is 1.61. The first kappa shape index (κ1) is 16.1. The zero-order valence-corrected chi connectivity index (χ0v) is 13.0. The molecule has 0 atom stereocenters. The van der Waals surface area contributed by atoms with Crippen LogP contribution in [0.3, 0.4) is 0 Å². The maximum absolute atomic E-state index is 11.4. The Labute approximate surface area is 130 Å². The topological polar surface area (TPSA) is 44.8 Å². The molecule has 1 aromatic carbocycles. The molecule has 0 aliphatic heterocycles. The number of carbonyl (C=O) groups excluding carboxylic acids is 1. The van der Waals surface area contributed by atoms with Gasteiger partial charge in [-0.15, -0.1) is 0 Å². The first-order chi connectivity index (χ1) is 10.2. The third-order valence-corrected chi connectivity index (χ3v) is 3.95. The smallest absolute Gasteiger partial charge is 0.308 e. The monoisotopic (exact) mass is 312 g/mol. The van der Waals surface area contributed by atoms with E-state index in [-0.39, 0.29) is 18.0 Å². The summed E-state index contributed by atoms with van der Waals surface area (Å²) >= 11 is 5.88. The number of hydrogen-bond donors (Lipinski definition) is 0. The van der Waals surface area contributed by atoms with Crippen LogP contribution in [0.1, 0.15) is 25.7 Å². The number of esters is 1. The maximum atomic E-state index is 11.4. The lowest BCUT2D eigenvalue weighted by Gasteiger charge is -2.26. The van der Waals surface area contributed by atoms with Gasteiger partial charge in [0.1, 0.15) is 12.4 Å². The summed E-state index contributed by atoms with van der Waals surface area (Å²) in [6, 6.07) is 7.31. The standard InChI is InChI=1S/C16H21ClO4/c1-19-16(18)12-5-7-14(8-6-12)20-9-10-21-15-4-2-3-13(17)11-15/h2-4,11-12,14H,5-10H2,1H3. The van der Waals surface area contributed by atoms with Crippen molar-refractivity contribution in [2.75, 3.05) is 20.3 Å². The molecule has 0 amide bonds. The summed E-state index contributed by atoms with van der Waals surface area (Å²) in [5.74, 6) is 0.691. The van der Waals surface area contributed by atoms with E-state index in [1.807, 2.05) is 18.2 Å². The molecule has 0 saturated heterocycles. The molecule has 0 heterocycles. The fraction of sp³-hybridized carbons (Fsp3) is 0.562. The lowest BCUT2D eigenvalue weighted by Crippen LogP contribution is -2.28. The van der Waals surface area contributed by atoms with Gasteiger partial charge in [0.2, 0.25) is 0 Å². The second-order valence-electron chi connectivity index (χ2n) is 5.17. The van der Waals surface area contributed by atoms with E-state index in [0.29, 0.717) is 18.2 Å². The van der Waals surface area contributed by atoms with Crippen molar-refractivity contribution in [3.63, 3.8) is 0 Å². The highest BCUT2D eigenvalue weighted by Gasteiger charge is 2.27. The summed E-state index contributed by atoms with van der Waals surface area (Å²) in [4.78, 5) is 11.4. The molecule has 0 spiro atoms.